The molecule has 8 heteroatoms. The van der Waals surface area contributed by atoms with Gasteiger partial charge in [0, 0.05) is 6.54 Å². The zero-order chi connectivity index (χ0) is 20.5. The molecule has 28 heavy (non-hydrogen) atoms. The number of rotatable bonds is 8. The van der Waals surface area contributed by atoms with Gasteiger partial charge in [-0.05, 0) is 62.3 Å². The molecule has 0 saturated carbocycles. The third kappa shape index (κ3) is 6.00. The summed E-state index contributed by atoms with van der Waals surface area (Å²) >= 11 is 11.1. The van der Waals surface area contributed by atoms with Crippen molar-refractivity contribution in [3.8, 4) is 11.5 Å². The lowest BCUT2D eigenvalue weighted by Gasteiger charge is -2.24. The van der Waals surface area contributed by atoms with Crippen LogP contribution >= 0.6 is 23.8 Å². The lowest BCUT2D eigenvalue weighted by atomic mass is 10.1. The summed E-state index contributed by atoms with van der Waals surface area (Å²) in [5.74, 6) is 1.01. The quantitative estimate of drug-likeness (QED) is 0.501. The number of nitrogens with two attached hydrogens (primary N) is 1. The Morgan fingerprint density at radius 3 is 2.46 bits per heavy atom. The Labute approximate surface area is 175 Å². The molecule has 0 aromatic heterocycles. The van der Waals surface area contributed by atoms with Crippen LogP contribution in [0.1, 0.15) is 29.8 Å². The second-order valence-corrected chi connectivity index (χ2v) is 6.63. The van der Waals surface area contributed by atoms with Crippen LogP contribution in [0.5, 0.6) is 11.5 Å². The molecule has 0 unspecified atom stereocenters. The smallest absolute Gasteiger partial charge is 0.271 e. The molecule has 6 nitrogen and oxygen atoms in total. The molecule has 0 saturated heterocycles. The first-order chi connectivity index (χ1) is 13.5. The number of halogens is 1. The van der Waals surface area contributed by atoms with E-state index in [4.69, 9.17) is 39.0 Å². The fraction of sp³-hybridized carbons (Fsp3) is 0.300. The van der Waals surface area contributed by atoms with Crippen molar-refractivity contribution in [1.82, 2.24) is 10.4 Å². The van der Waals surface area contributed by atoms with Crippen LogP contribution < -0.4 is 20.6 Å². The van der Waals surface area contributed by atoms with Crippen LogP contribution in [0, 0.1) is 0 Å². The molecule has 3 N–H and O–H groups in total. The van der Waals surface area contributed by atoms with Gasteiger partial charge in [0.2, 0.25) is 0 Å². The maximum absolute atomic E-state index is 12.5. The highest BCUT2D eigenvalue weighted by atomic mass is 35.5. The first-order valence-electron chi connectivity index (χ1n) is 8.97. The van der Waals surface area contributed by atoms with E-state index in [1.807, 2.05) is 32.0 Å². The Morgan fingerprint density at radius 1 is 1.14 bits per heavy atom. The van der Waals surface area contributed by atoms with Crippen LogP contribution in [0.15, 0.2) is 42.5 Å². The molecule has 150 valence electrons. The molecule has 0 bridgehead atoms. The van der Waals surface area contributed by atoms with E-state index < -0.39 is 0 Å². The molecule has 0 radical (unpaired) electrons. The minimum atomic E-state index is -0.375. The average molecular weight is 422 g/mol. The standard InChI is InChI=1S/C20H24ClN3O3S/c1-3-26-17-10-9-14(13-18(17)27-4-2)11-12-24(20(22)28)23-19(25)15-7-5-6-8-16(15)21/h5-10,13H,3-4,11-12H2,1-2H3,(H2,22,28)(H,23,25). The number of hydrogen-bond donors (Lipinski definition) is 2. The van der Waals surface area contributed by atoms with E-state index in [0.717, 1.165) is 5.56 Å². The maximum Gasteiger partial charge on any atom is 0.271 e. The number of thiocarbonyl (C=S) groups is 1. The van der Waals surface area contributed by atoms with Gasteiger partial charge in [0.25, 0.3) is 5.91 Å². The molecule has 0 spiro atoms. The predicted octanol–water partition coefficient (Wildman–Crippen LogP) is 3.57. The first-order valence-corrected chi connectivity index (χ1v) is 9.75. The third-order valence-electron chi connectivity index (χ3n) is 3.85. The van der Waals surface area contributed by atoms with Gasteiger partial charge in [0.15, 0.2) is 16.6 Å². The van der Waals surface area contributed by atoms with E-state index in [9.17, 15) is 4.79 Å². The monoisotopic (exact) mass is 421 g/mol. The Morgan fingerprint density at radius 2 is 1.82 bits per heavy atom. The van der Waals surface area contributed by atoms with E-state index in [1.54, 1.807) is 24.3 Å². The molecule has 0 heterocycles. The Bertz CT molecular complexity index is 832. The van der Waals surface area contributed by atoms with Crippen LogP contribution in [0.25, 0.3) is 0 Å². The van der Waals surface area contributed by atoms with Crippen molar-refractivity contribution >= 4 is 34.8 Å². The van der Waals surface area contributed by atoms with Gasteiger partial charge in [-0.2, -0.15) is 0 Å². The highest BCUT2D eigenvalue weighted by Gasteiger charge is 2.15. The fourth-order valence-corrected chi connectivity index (χ4v) is 2.90. The van der Waals surface area contributed by atoms with E-state index in [1.165, 1.54) is 5.01 Å². The van der Waals surface area contributed by atoms with Crippen LogP contribution in [-0.4, -0.2) is 35.8 Å². The molecular formula is C20H24ClN3O3S. The van der Waals surface area contributed by atoms with E-state index in [-0.39, 0.29) is 11.0 Å². The lowest BCUT2D eigenvalue weighted by molar-refractivity contribution is 0.0872. The van der Waals surface area contributed by atoms with Gasteiger partial charge in [-0.3, -0.25) is 15.2 Å². The summed E-state index contributed by atoms with van der Waals surface area (Å²) in [6.45, 7) is 5.33. The summed E-state index contributed by atoms with van der Waals surface area (Å²) in [5, 5.41) is 1.85. The largest absolute Gasteiger partial charge is 0.490 e. The summed E-state index contributed by atoms with van der Waals surface area (Å²) in [5.41, 5.74) is 9.83. The molecular weight excluding hydrogens is 398 g/mol. The zero-order valence-corrected chi connectivity index (χ0v) is 17.5. The Balaban J connectivity index is 2.07. The summed E-state index contributed by atoms with van der Waals surface area (Å²) in [4.78, 5) is 12.5. The summed E-state index contributed by atoms with van der Waals surface area (Å²) in [7, 11) is 0. The number of amides is 1. The topological polar surface area (TPSA) is 76.8 Å². The summed E-state index contributed by atoms with van der Waals surface area (Å²) < 4.78 is 11.2. The summed E-state index contributed by atoms with van der Waals surface area (Å²) in [6.07, 6.45) is 0.590. The number of nitrogens with one attached hydrogen (secondary N) is 1. The number of nitrogens with zero attached hydrogens (tertiary/aromatic N) is 1. The van der Waals surface area contributed by atoms with Crippen molar-refractivity contribution in [1.29, 1.82) is 0 Å². The van der Waals surface area contributed by atoms with Crippen molar-refractivity contribution in [2.45, 2.75) is 20.3 Å². The number of hydrogen-bond acceptors (Lipinski definition) is 4. The van der Waals surface area contributed by atoms with Gasteiger partial charge < -0.3 is 15.2 Å². The predicted molar refractivity (Wildman–Crippen MR) is 115 cm³/mol. The number of ether oxygens (including phenoxy) is 2. The number of carbonyl (C=O) groups excluding carboxylic acids is 1. The van der Waals surface area contributed by atoms with Crippen molar-refractivity contribution in [3.05, 3.63) is 58.6 Å². The maximum atomic E-state index is 12.5. The van der Waals surface area contributed by atoms with Crippen molar-refractivity contribution in [3.63, 3.8) is 0 Å². The highest BCUT2D eigenvalue weighted by molar-refractivity contribution is 7.80. The molecule has 2 aromatic carbocycles. The second kappa shape index (κ2) is 10.7. The van der Waals surface area contributed by atoms with E-state index >= 15 is 0 Å². The fourth-order valence-electron chi connectivity index (χ4n) is 2.54. The van der Waals surface area contributed by atoms with E-state index in [0.29, 0.717) is 48.3 Å². The summed E-state index contributed by atoms with van der Waals surface area (Å²) in [6, 6.07) is 12.5. The SMILES string of the molecule is CCOc1ccc(CCN(NC(=O)c2ccccc2Cl)C(N)=S)cc1OCC. The molecule has 2 aromatic rings. The normalized spacial score (nSPS) is 10.2. The minimum Gasteiger partial charge on any atom is -0.490 e. The van der Waals surface area contributed by atoms with Gasteiger partial charge in [-0.15, -0.1) is 0 Å². The Hall–Kier alpha value is -2.51. The van der Waals surface area contributed by atoms with Gasteiger partial charge in [-0.1, -0.05) is 29.8 Å². The van der Waals surface area contributed by atoms with Crippen LogP contribution in [-0.2, 0) is 6.42 Å². The van der Waals surface area contributed by atoms with Gasteiger partial charge in [0.05, 0.1) is 23.8 Å². The molecule has 0 aliphatic rings. The van der Waals surface area contributed by atoms with Crippen molar-refractivity contribution < 1.29 is 14.3 Å². The number of hydrazine groups is 1. The number of carbonyl (C=O) groups is 1. The third-order valence-corrected chi connectivity index (χ3v) is 4.40. The van der Waals surface area contributed by atoms with E-state index in [2.05, 4.69) is 5.43 Å². The molecule has 0 aliphatic heterocycles. The molecule has 0 fully saturated rings. The average Bonchev–Trinajstić information content (AvgIpc) is 2.67. The highest BCUT2D eigenvalue weighted by Crippen LogP contribution is 2.28. The number of benzene rings is 2. The van der Waals surface area contributed by atoms with Crippen molar-refractivity contribution in [2.75, 3.05) is 19.8 Å². The molecule has 1 amide bonds. The minimum absolute atomic E-state index is 0.0661. The van der Waals surface area contributed by atoms with Gasteiger partial charge in [0.1, 0.15) is 0 Å². The van der Waals surface area contributed by atoms with Crippen molar-refractivity contribution in [2.24, 2.45) is 5.73 Å². The molecule has 0 atom stereocenters. The van der Waals surface area contributed by atoms with Gasteiger partial charge in [-0.25, -0.2) is 0 Å². The molecule has 2 rings (SSSR count). The first kappa shape index (κ1) is 21.8. The zero-order valence-electron chi connectivity index (χ0n) is 15.9. The van der Waals surface area contributed by atoms with Crippen LogP contribution in [0.3, 0.4) is 0 Å². The van der Waals surface area contributed by atoms with Crippen LogP contribution in [0.4, 0.5) is 0 Å². The molecule has 0 aliphatic carbocycles. The Kier molecular flexibility index (Phi) is 8.35. The lowest BCUT2D eigenvalue weighted by Crippen LogP contribution is -2.49. The van der Waals surface area contributed by atoms with Gasteiger partial charge >= 0.3 is 0 Å². The second-order valence-electron chi connectivity index (χ2n) is 5.81. The van der Waals surface area contributed by atoms with Crippen LogP contribution in [0.2, 0.25) is 5.02 Å².